The highest BCUT2D eigenvalue weighted by Crippen LogP contribution is 2.64. The molecule has 0 aromatic carbocycles. The minimum atomic E-state index is -0.803. The Balaban J connectivity index is 1.92. The van der Waals surface area contributed by atoms with Crippen LogP contribution in [0.2, 0.25) is 0 Å². The second-order valence-electron chi connectivity index (χ2n) is 11.9. The lowest BCUT2D eigenvalue weighted by Gasteiger charge is -2.40. The molecular formula is C26H40O5. The second-order valence-corrected chi connectivity index (χ2v) is 11.9. The first-order chi connectivity index (χ1) is 14.3. The highest BCUT2D eigenvalue weighted by molar-refractivity contribution is 5.92. The lowest BCUT2D eigenvalue weighted by molar-refractivity contribution is -0.151. The summed E-state index contributed by atoms with van der Waals surface area (Å²) in [4.78, 5) is 13.3. The SMILES string of the molecule is CC(C)[C@H]1CC2(OCCO2)C2=CC3=C(C(=O)OC(C)(C)C)[C@@H](O)CC[C@@]3(C)CC[C@@]21C. The number of esters is 1. The molecular weight excluding hydrogens is 392 g/mol. The van der Waals surface area contributed by atoms with Crippen molar-refractivity contribution in [3.63, 3.8) is 0 Å². The van der Waals surface area contributed by atoms with Crippen molar-refractivity contribution in [2.24, 2.45) is 22.7 Å². The molecule has 0 bridgehead atoms. The third kappa shape index (κ3) is 3.71. The molecule has 1 aliphatic heterocycles. The largest absolute Gasteiger partial charge is 0.457 e. The normalized spacial score (nSPS) is 37.5. The minimum absolute atomic E-state index is 0.0597. The number of fused-ring (bicyclic) bond motifs is 3. The van der Waals surface area contributed by atoms with Crippen molar-refractivity contribution < 1.29 is 24.1 Å². The molecule has 2 fully saturated rings. The molecule has 31 heavy (non-hydrogen) atoms. The van der Waals surface area contributed by atoms with E-state index in [4.69, 9.17) is 14.2 Å². The fourth-order valence-corrected chi connectivity index (χ4v) is 6.56. The molecule has 1 saturated heterocycles. The molecule has 5 nitrogen and oxygen atoms in total. The Bertz CT molecular complexity index is 810. The van der Waals surface area contributed by atoms with E-state index in [1.54, 1.807) is 0 Å². The third-order valence-corrected chi connectivity index (χ3v) is 8.24. The van der Waals surface area contributed by atoms with Crippen molar-refractivity contribution in [1.29, 1.82) is 0 Å². The molecule has 0 unspecified atom stereocenters. The number of hydrogen-bond donors (Lipinski definition) is 1. The zero-order chi connectivity index (χ0) is 22.8. The monoisotopic (exact) mass is 432 g/mol. The van der Waals surface area contributed by atoms with Crippen LogP contribution in [0.3, 0.4) is 0 Å². The van der Waals surface area contributed by atoms with Gasteiger partial charge in [0.1, 0.15) is 5.60 Å². The van der Waals surface area contributed by atoms with Crippen LogP contribution in [-0.2, 0) is 19.0 Å². The van der Waals surface area contributed by atoms with E-state index in [2.05, 4.69) is 33.8 Å². The molecule has 0 radical (unpaired) electrons. The summed E-state index contributed by atoms with van der Waals surface area (Å²) < 4.78 is 18.3. The fraction of sp³-hybridized carbons (Fsp3) is 0.808. The maximum absolute atomic E-state index is 13.3. The van der Waals surface area contributed by atoms with E-state index in [0.717, 1.165) is 36.8 Å². The van der Waals surface area contributed by atoms with Gasteiger partial charge in [0.15, 0.2) is 5.79 Å². The molecule has 4 rings (SSSR count). The van der Waals surface area contributed by atoms with Gasteiger partial charge in [-0.2, -0.15) is 0 Å². The molecule has 5 heteroatoms. The van der Waals surface area contributed by atoms with Crippen molar-refractivity contribution in [3.8, 4) is 0 Å². The van der Waals surface area contributed by atoms with Gasteiger partial charge in [0.25, 0.3) is 0 Å². The molecule has 3 aliphatic carbocycles. The number of aliphatic hydroxyl groups excluding tert-OH is 1. The number of ether oxygens (including phenoxy) is 3. The van der Waals surface area contributed by atoms with Crippen LogP contribution in [-0.4, -0.2) is 41.8 Å². The lowest BCUT2D eigenvalue weighted by atomic mass is 9.65. The zero-order valence-corrected chi connectivity index (χ0v) is 20.3. The highest BCUT2D eigenvalue weighted by atomic mass is 16.7. The molecule has 1 saturated carbocycles. The van der Waals surface area contributed by atoms with E-state index in [0.29, 0.717) is 37.0 Å². The first kappa shape index (κ1) is 23.0. The number of aliphatic hydroxyl groups is 1. The van der Waals surface area contributed by atoms with Crippen LogP contribution in [0.4, 0.5) is 0 Å². The topological polar surface area (TPSA) is 65.0 Å². The fourth-order valence-electron chi connectivity index (χ4n) is 6.56. The van der Waals surface area contributed by atoms with Crippen LogP contribution < -0.4 is 0 Å². The van der Waals surface area contributed by atoms with Gasteiger partial charge in [0, 0.05) is 6.42 Å². The predicted octanol–water partition coefficient (Wildman–Crippen LogP) is 4.93. The molecule has 1 spiro atoms. The summed E-state index contributed by atoms with van der Waals surface area (Å²) in [5, 5.41) is 10.9. The Morgan fingerprint density at radius 1 is 1.16 bits per heavy atom. The molecule has 0 aromatic rings. The van der Waals surface area contributed by atoms with E-state index < -0.39 is 23.5 Å². The average Bonchev–Trinajstić information content (AvgIpc) is 3.17. The molecule has 4 aliphatic rings. The summed E-state index contributed by atoms with van der Waals surface area (Å²) in [5.41, 5.74) is 1.68. The van der Waals surface area contributed by atoms with Gasteiger partial charge in [-0.15, -0.1) is 0 Å². The Labute approximate surface area is 187 Å². The zero-order valence-electron chi connectivity index (χ0n) is 20.3. The van der Waals surface area contributed by atoms with Crippen molar-refractivity contribution >= 4 is 5.97 Å². The van der Waals surface area contributed by atoms with Crippen LogP contribution in [0.5, 0.6) is 0 Å². The predicted molar refractivity (Wildman–Crippen MR) is 119 cm³/mol. The third-order valence-electron chi connectivity index (χ3n) is 8.24. The summed E-state index contributed by atoms with van der Waals surface area (Å²) in [7, 11) is 0. The second kappa shape index (κ2) is 7.43. The maximum atomic E-state index is 13.3. The smallest absolute Gasteiger partial charge is 0.337 e. The van der Waals surface area contributed by atoms with Crippen molar-refractivity contribution in [1.82, 2.24) is 0 Å². The Morgan fingerprint density at radius 2 is 1.81 bits per heavy atom. The van der Waals surface area contributed by atoms with Crippen molar-refractivity contribution in [3.05, 3.63) is 22.8 Å². The molecule has 0 amide bonds. The first-order valence-corrected chi connectivity index (χ1v) is 12.0. The van der Waals surface area contributed by atoms with Gasteiger partial charge in [0.2, 0.25) is 0 Å². The van der Waals surface area contributed by atoms with Gasteiger partial charge in [-0.3, -0.25) is 0 Å². The summed E-state index contributed by atoms with van der Waals surface area (Å²) in [6.45, 7) is 16.0. The van der Waals surface area contributed by atoms with Crippen LogP contribution in [0.1, 0.15) is 80.6 Å². The van der Waals surface area contributed by atoms with Gasteiger partial charge < -0.3 is 19.3 Å². The lowest BCUT2D eigenvalue weighted by Crippen LogP contribution is -2.37. The summed E-state index contributed by atoms with van der Waals surface area (Å²) >= 11 is 0. The Hall–Kier alpha value is -1.17. The number of carbonyl (C=O) groups is 1. The van der Waals surface area contributed by atoms with Gasteiger partial charge >= 0.3 is 5.97 Å². The Kier molecular flexibility index (Phi) is 5.51. The van der Waals surface area contributed by atoms with Gasteiger partial charge in [-0.1, -0.05) is 33.8 Å². The van der Waals surface area contributed by atoms with Crippen LogP contribution >= 0.6 is 0 Å². The van der Waals surface area contributed by atoms with Crippen molar-refractivity contribution in [2.45, 2.75) is 98.1 Å². The number of rotatable bonds is 2. The highest BCUT2D eigenvalue weighted by Gasteiger charge is 2.61. The first-order valence-electron chi connectivity index (χ1n) is 12.0. The standard InChI is InChI=1S/C26H40O5/c1-16(2)18-15-26(29-12-13-30-26)20-14-17-21(22(28)31-23(3,4)5)19(27)8-9-24(17,6)10-11-25(18,20)7/h14,16,18-19,27H,8-13,15H2,1-7H3/t18-,19+,24+,25-/m1/s1. The van der Waals surface area contributed by atoms with Crippen LogP contribution in [0.25, 0.3) is 0 Å². The molecule has 4 atom stereocenters. The van der Waals surface area contributed by atoms with Gasteiger partial charge in [-0.05, 0) is 80.3 Å². The van der Waals surface area contributed by atoms with Gasteiger partial charge in [0.05, 0.1) is 24.9 Å². The molecule has 1 N–H and O–H groups in total. The van der Waals surface area contributed by atoms with Crippen molar-refractivity contribution in [2.75, 3.05) is 13.2 Å². The number of allylic oxidation sites excluding steroid dienone is 2. The quantitative estimate of drug-likeness (QED) is 0.627. The summed E-state index contributed by atoms with van der Waals surface area (Å²) in [5.74, 6) is -0.166. The van der Waals surface area contributed by atoms with E-state index in [1.165, 1.54) is 0 Å². The minimum Gasteiger partial charge on any atom is -0.457 e. The van der Waals surface area contributed by atoms with E-state index in [-0.39, 0.29) is 10.8 Å². The molecule has 0 aromatic heterocycles. The Morgan fingerprint density at radius 3 is 2.39 bits per heavy atom. The summed E-state index contributed by atoms with van der Waals surface area (Å²) in [6, 6.07) is 0. The van der Waals surface area contributed by atoms with E-state index in [9.17, 15) is 9.90 Å². The number of carbonyl (C=O) groups excluding carboxylic acids is 1. The molecule has 174 valence electrons. The summed E-state index contributed by atoms with van der Waals surface area (Å²) in [6.07, 6.45) is 5.66. The van der Waals surface area contributed by atoms with E-state index in [1.807, 2.05) is 20.8 Å². The van der Waals surface area contributed by atoms with Crippen LogP contribution in [0, 0.1) is 22.7 Å². The van der Waals surface area contributed by atoms with E-state index >= 15 is 0 Å². The number of hydrogen-bond acceptors (Lipinski definition) is 5. The average molecular weight is 433 g/mol. The van der Waals surface area contributed by atoms with Crippen LogP contribution in [0.15, 0.2) is 22.8 Å². The maximum Gasteiger partial charge on any atom is 0.337 e. The molecule has 1 heterocycles. The van der Waals surface area contributed by atoms with Gasteiger partial charge in [-0.25, -0.2) is 4.79 Å².